The lowest BCUT2D eigenvalue weighted by Crippen LogP contribution is -2.37. The van der Waals surface area contributed by atoms with E-state index in [-0.39, 0.29) is 17.6 Å². The van der Waals surface area contributed by atoms with E-state index in [2.05, 4.69) is 13.2 Å². The van der Waals surface area contributed by atoms with Gasteiger partial charge in [-0.15, -0.1) is 0 Å². The summed E-state index contributed by atoms with van der Waals surface area (Å²) in [5.74, 6) is -6.11. The number of carboxylic acids is 2. The van der Waals surface area contributed by atoms with Crippen molar-refractivity contribution in [3.63, 3.8) is 0 Å². The molecule has 0 aliphatic rings. The zero-order valence-corrected chi connectivity index (χ0v) is 18.3. The van der Waals surface area contributed by atoms with Crippen molar-refractivity contribution in [1.29, 1.82) is 0 Å². The van der Waals surface area contributed by atoms with Crippen molar-refractivity contribution >= 4 is 23.9 Å². The Bertz CT molecular complexity index is 754. The molecule has 0 bridgehead atoms. The van der Waals surface area contributed by atoms with Crippen LogP contribution in [-0.4, -0.2) is 62.8 Å². The van der Waals surface area contributed by atoms with Crippen LogP contribution in [0.2, 0.25) is 0 Å². The summed E-state index contributed by atoms with van der Waals surface area (Å²) in [6.45, 7) is 11.3. The molecule has 0 amide bonds. The van der Waals surface area contributed by atoms with Crippen molar-refractivity contribution in [2.24, 2.45) is 11.8 Å². The van der Waals surface area contributed by atoms with Gasteiger partial charge in [-0.2, -0.15) is 0 Å². The SMILES string of the molecule is C=C(C)C(=O)OC(C)CC(OC(=O)C(=C)C)C(CC(O)O)C(C=CC(=O)O)C=CC(=O)O. The smallest absolute Gasteiger partial charge is 0.333 e. The quantitative estimate of drug-likeness (QED) is 0.172. The Morgan fingerprint density at radius 1 is 0.844 bits per heavy atom. The molecular weight excluding hydrogens is 424 g/mol. The lowest BCUT2D eigenvalue weighted by Gasteiger charge is -2.33. The third-order valence-electron chi connectivity index (χ3n) is 4.20. The first kappa shape index (κ1) is 28.8. The number of carbonyl (C=O) groups excluding carboxylic acids is 2. The maximum absolute atomic E-state index is 12.2. The zero-order valence-electron chi connectivity index (χ0n) is 18.3. The van der Waals surface area contributed by atoms with Gasteiger partial charge in [-0.1, -0.05) is 25.3 Å². The second-order valence-electron chi connectivity index (χ2n) is 7.31. The van der Waals surface area contributed by atoms with Crippen molar-refractivity contribution in [1.82, 2.24) is 0 Å². The maximum atomic E-state index is 12.2. The van der Waals surface area contributed by atoms with Gasteiger partial charge in [0.05, 0.1) is 0 Å². The van der Waals surface area contributed by atoms with Crippen molar-refractivity contribution in [2.75, 3.05) is 0 Å². The van der Waals surface area contributed by atoms with Crippen LogP contribution in [0.15, 0.2) is 48.6 Å². The molecule has 0 aromatic carbocycles. The normalized spacial score (nSPS) is 15.2. The van der Waals surface area contributed by atoms with Crippen LogP contribution >= 0.6 is 0 Å². The molecule has 0 rings (SSSR count). The highest BCUT2D eigenvalue weighted by Gasteiger charge is 2.34. The molecule has 0 aromatic rings. The van der Waals surface area contributed by atoms with E-state index < -0.39 is 60.6 Å². The fourth-order valence-electron chi connectivity index (χ4n) is 2.74. The molecule has 0 fully saturated rings. The lowest BCUT2D eigenvalue weighted by molar-refractivity contribution is -0.156. The molecule has 3 atom stereocenters. The van der Waals surface area contributed by atoms with Crippen molar-refractivity contribution in [3.8, 4) is 0 Å². The molecule has 10 nitrogen and oxygen atoms in total. The van der Waals surface area contributed by atoms with Crippen molar-refractivity contribution in [2.45, 2.75) is 52.1 Å². The highest BCUT2D eigenvalue weighted by Crippen LogP contribution is 2.30. The van der Waals surface area contributed by atoms with Gasteiger partial charge in [-0.3, -0.25) is 0 Å². The molecule has 4 N–H and O–H groups in total. The number of aliphatic hydroxyl groups excluding tert-OH is 1. The van der Waals surface area contributed by atoms with Gasteiger partial charge in [-0.25, -0.2) is 19.2 Å². The monoisotopic (exact) mass is 454 g/mol. The van der Waals surface area contributed by atoms with Gasteiger partial charge in [0, 0.05) is 48.0 Å². The van der Waals surface area contributed by atoms with Crippen LogP contribution in [-0.2, 0) is 28.7 Å². The minimum atomic E-state index is -1.89. The first-order chi connectivity index (χ1) is 14.7. The van der Waals surface area contributed by atoms with Crippen molar-refractivity contribution < 1.29 is 49.1 Å². The van der Waals surface area contributed by atoms with Crippen LogP contribution in [0.1, 0.15) is 33.6 Å². The molecule has 0 spiro atoms. The summed E-state index contributed by atoms with van der Waals surface area (Å²) in [4.78, 5) is 46.0. The fourth-order valence-corrected chi connectivity index (χ4v) is 2.74. The summed E-state index contributed by atoms with van der Waals surface area (Å²) < 4.78 is 10.7. The Balaban J connectivity index is 6.22. The number of ether oxygens (including phenoxy) is 2. The average molecular weight is 454 g/mol. The number of allylic oxidation sites excluding steroid dienone is 2. The molecule has 0 aliphatic heterocycles. The predicted octanol–water partition coefficient (Wildman–Crippen LogP) is 1.59. The highest BCUT2D eigenvalue weighted by molar-refractivity contribution is 5.87. The van der Waals surface area contributed by atoms with E-state index in [1.165, 1.54) is 20.8 Å². The number of rotatable bonds is 14. The third kappa shape index (κ3) is 11.8. The van der Waals surface area contributed by atoms with E-state index in [4.69, 9.17) is 19.7 Å². The first-order valence-corrected chi connectivity index (χ1v) is 9.65. The number of carboxylic acid groups (broad SMARTS) is 2. The molecular formula is C22H30O10. The molecule has 0 saturated carbocycles. The van der Waals surface area contributed by atoms with Gasteiger partial charge in [0.15, 0.2) is 6.29 Å². The van der Waals surface area contributed by atoms with E-state index in [1.807, 2.05) is 0 Å². The van der Waals surface area contributed by atoms with Crippen LogP contribution in [0.25, 0.3) is 0 Å². The van der Waals surface area contributed by atoms with Crippen molar-refractivity contribution in [3.05, 3.63) is 48.6 Å². The van der Waals surface area contributed by atoms with E-state index in [0.717, 1.165) is 24.3 Å². The highest BCUT2D eigenvalue weighted by atomic mass is 16.6. The van der Waals surface area contributed by atoms with E-state index in [0.29, 0.717) is 0 Å². The molecule has 0 heterocycles. The number of aliphatic hydroxyl groups is 2. The number of carbonyl (C=O) groups is 4. The van der Waals surface area contributed by atoms with Crippen LogP contribution in [0.5, 0.6) is 0 Å². The first-order valence-electron chi connectivity index (χ1n) is 9.65. The molecule has 178 valence electrons. The Morgan fingerprint density at radius 2 is 1.28 bits per heavy atom. The van der Waals surface area contributed by atoms with Crippen LogP contribution in [0, 0.1) is 11.8 Å². The topological polar surface area (TPSA) is 168 Å². The Kier molecular flexibility index (Phi) is 12.5. The molecule has 3 unspecified atom stereocenters. The van der Waals surface area contributed by atoms with Gasteiger partial charge >= 0.3 is 23.9 Å². The standard InChI is InChI=1S/C22H30O10/c1-12(2)21(29)31-14(5)10-17(32-22(30)13(3)4)16(11-20(27)28)15(6-8-18(23)24)7-9-19(25)26/h6-9,14-17,20,27-28H,1,3,10-11H2,2,4-5H3,(H,23,24)(H,25,26). The molecule has 10 heteroatoms. The largest absolute Gasteiger partial charge is 0.478 e. The number of aliphatic carboxylic acids is 2. The van der Waals surface area contributed by atoms with E-state index in [1.54, 1.807) is 0 Å². The second-order valence-corrected chi connectivity index (χ2v) is 7.31. The third-order valence-corrected chi connectivity index (χ3v) is 4.20. The average Bonchev–Trinajstić information content (AvgIpc) is 2.65. The molecule has 0 aliphatic carbocycles. The Labute approximate surface area is 186 Å². The second kappa shape index (κ2) is 13.9. The summed E-state index contributed by atoms with van der Waals surface area (Å²) >= 11 is 0. The van der Waals surface area contributed by atoms with Crippen LogP contribution in [0.4, 0.5) is 0 Å². The Hall–Kier alpha value is -3.24. The summed E-state index contributed by atoms with van der Waals surface area (Å²) in [6.07, 6.45) is -0.545. The van der Waals surface area contributed by atoms with Gasteiger partial charge in [0.2, 0.25) is 0 Å². The van der Waals surface area contributed by atoms with E-state index in [9.17, 15) is 29.4 Å². The van der Waals surface area contributed by atoms with Crippen LogP contribution in [0.3, 0.4) is 0 Å². The Morgan fingerprint density at radius 3 is 1.66 bits per heavy atom. The minimum Gasteiger partial charge on any atom is -0.478 e. The zero-order chi connectivity index (χ0) is 25.0. The van der Waals surface area contributed by atoms with E-state index >= 15 is 0 Å². The lowest BCUT2D eigenvalue weighted by atomic mass is 9.81. The summed E-state index contributed by atoms with van der Waals surface area (Å²) in [5.41, 5.74) is 0.185. The number of hydrogen-bond acceptors (Lipinski definition) is 8. The predicted molar refractivity (Wildman–Crippen MR) is 113 cm³/mol. The number of esters is 2. The minimum absolute atomic E-state index is 0.0450. The summed E-state index contributed by atoms with van der Waals surface area (Å²) in [6, 6.07) is 0. The molecule has 0 saturated heterocycles. The van der Waals surface area contributed by atoms with Gasteiger partial charge < -0.3 is 29.9 Å². The fraction of sp³-hybridized carbons (Fsp3) is 0.455. The van der Waals surface area contributed by atoms with Gasteiger partial charge in [-0.05, 0) is 20.8 Å². The summed E-state index contributed by atoms with van der Waals surface area (Å²) in [7, 11) is 0. The van der Waals surface area contributed by atoms with Crippen LogP contribution < -0.4 is 0 Å². The molecule has 32 heavy (non-hydrogen) atoms. The summed E-state index contributed by atoms with van der Waals surface area (Å²) in [5, 5.41) is 37.1. The number of hydrogen-bond donors (Lipinski definition) is 4. The molecule has 0 radical (unpaired) electrons. The van der Waals surface area contributed by atoms with Gasteiger partial charge in [0.1, 0.15) is 12.2 Å². The van der Waals surface area contributed by atoms with Gasteiger partial charge in [0.25, 0.3) is 0 Å². The molecule has 0 aromatic heterocycles. The maximum Gasteiger partial charge on any atom is 0.333 e.